The number of rotatable bonds is 4. The Morgan fingerprint density at radius 2 is 1.56 bits per heavy atom. The van der Waals surface area contributed by atoms with E-state index in [2.05, 4.69) is 31.2 Å². The van der Waals surface area contributed by atoms with E-state index in [9.17, 15) is 4.79 Å². The molecule has 0 spiro atoms. The summed E-state index contributed by atoms with van der Waals surface area (Å²) in [7, 11) is 0. The van der Waals surface area contributed by atoms with Gasteiger partial charge >= 0.3 is 5.97 Å². The van der Waals surface area contributed by atoms with E-state index in [0.29, 0.717) is 11.3 Å². The summed E-state index contributed by atoms with van der Waals surface area (Å²) in [6.45, 7) is 2.08. The SMILES string of the molecule is Cc1ccc(SCC2(c3ccccc3)OC(=O)c3ccccc32)cc1. The molecule has 4 rings (SSSR count). The van der Waals surface area contributed by atoms with Crippen molar-refractivity contribution < 1.29 is 9.53 Å². The highest BCUT2D eigenvalue weighted by molar-refractivity contribution is 7.99. The number of benzene rings is 3. The number of carbonyl (C=O) groups is 1. The van der Waals surface area contributed by atoms with Crippen molar-refractivity contribution in [2.75, 3.05) is 5.75 Å². The fourth-order valence-electron chi connectivity index (χ4n) is 3.21. The van der Waals surface area contributed by atoms with Crippen LogP contribution in [-0.2, 0) is 10.3 Å². The third-order valence-electron chi connectivity index (χ3n) is 4.55. The number of ether oxygens (including phenoxy) is 1. The van der Waals surface area contributed by atoms with Gasteiger partial charge in [-0.15, -0.1) is 11.8 Å². The van der Waals surface area contributed by atoms with E-state index in [1.165, 1.54) is 10.5 Å². The van der Waals surface area contributed by atoms with Crippen molar-refractivity contribution in [2.45, 2.75) is 17.4 Å². The van der Waals surface area contributed by atoms with Gasteiger partial charge in [0.25, 0.3) is 0 Å². The van der Waals surface area contributed by atoms with E-state index in [0.717, 1.165) is 11.1 Å². The molecule has 0 aromatic heterocycles. The van der Waals surface area contributed by atoms with E-state index < -0.39 is 5.60 Å². The molecule has 0 fully saturated rings. The van der Waals surface area contributed by atoms with Gasteiger partial charge in [0.05, 0.1) is 5.56 Å². The molecular formula is C22H18O2S. The fourth-order valence-corrected chi connectivity index (χ4v) is 4.29. The lowest BCUT2D eigenvalue weighted by Gasteiger charge is -2.29. The topological polar surface area (TPSA) is 26.3 Å². The molecule has 0 N–H and O–H groups in total. The summed E-state index contributed by atoms with van der Waals surface area (Å²) < 4.78 is 5.99. The Morgan fingerprint density at radius 1 is 0.880 bits per heavy atom. The molecule has 3 aromatic carbocycles. The zero-order valence-electron chi connectivity index (χ0n) is 13.9. The number of fused-ring (bicyclic) bond motifs is 1. The minimum atomic E-state index is -0.746. The first-order chi connectivity index (χ1) is 12.2. The molecule has 3 heteroatoms. The highest BCUT2D eigenvalue weighted by atomic mass is 32.2. The quantitative estimate of drug-likeness (QED) is 0.480. The molecule has 0 saturated carbocycles. The van der Waals surface area contributed by atoms with Gasteiger partial charge in [-0.3, -0.25) is 0 Å². The summed E-state index contributed by atoms with van der Waals surface area (Å²) in [5.74, 6) is 0.395. The van der Waals surface area contributed by atoms with Crippen LogP contribution >= 0.6 is 11.8 Å². The number of cyclic esters (lactones) is 1. The Labute approximate surface area is 151 Å². The Balaban J connectivity index is 1.76. The molecule has 1 aliphatic heterocycles. The number of carbonyl (C=O) groups excluding carboxylic acids is 1. The van der Waals surface area contributed by atoms with Gasteiger partial charge in [0.1, 0.15) is 0 Å². The van der Waals surface area contributed by atoms with Gasteiger partial charge < -0.3 is 4.74 Å². The molecule has 0 bridgehead atoms. The zero-order valence-corrected chi connectivity index (χ0v) is 14.8. The first-order valence-electron chi connectivity index (χ1n) is 8.27. The molecule has 0 saturated heterocycles. The Kier molecular flexibility index (Phi) is 4.10. The minimum absolute atomic E-state index is 0.246. The van der Waals surface area contributed by atoms with Crippen LogP contribution in [0.3, 0.4) is 0 Å². The fraction of sp³-hybridized carbons (Fsp3) is 0.136. The van der Waals surface area contributed by atoms with E-state index in [1.807, 2.05) is 54.6 Å². The third-order valence-corrected chi connectivity index (χ3v) is 5.71. The van der Waals surface area contributed by atoms with E-state index in [1.54, 1.807) is 11.8 Å². The molecule has 0 aliphatic carbocycles. The van der Waals surface area contributed by atoms with Gasteiger partial charge in [0.2, 0.25) is 0 Å². The molecule has 3 aromatic rings. The van der Waals surface area contributed by atoms with Crippen molar-refractivity contribution in [1.29, 1.82) is 0 Å². The van der Waals surface area contributed by atoms with Crippen molar-refractivity contribution in [1.82, 2.24) is 0 Å². The second-order valence-corrected chi connectivity index (χ2v) is 7.28. The van der Waals surface area contributed by atoms with Crippen LogP contribution in [0.1, 0.15) is 27.0 Å². The van der Waals surface area contributed by atoms with Crippen LogP contribution in [0, 0.1) is 6.92 Å². The van der Waals surface area contributed by atoms with Gasteiger partial charge in [-0.1, -0.05) is 66.2 Å². The normalized spacial score (nSPS) is 18.7. The van der Waals surface area contributed by atoms with Gasteiger partial charge in [-0.2, -0.15) is 0 Å². The summed E-state index contributed by atoms with van der Waals surface area (Å²) in [4.78, 5) is 13.6. The zero-order chi connectivity index (χ0) is 17.3. The number of thioether (sulfide) groups is 1. The van der Waals surface area contributed by atoms with Gasteiger partial charge in [0, 0.05) is 21.8 Å². The van der Waals surface area contributed by atoms with Crippen LogP contribution in [-0.4, -0.2) is 11.7 Å². The summed E-state index contributed by atoms with van der Waals surface area (Å²) in [6, 6.07) is 26.2. The van der Waals surface area contributed by atoms with Gasteiger partial charge in [0.15, 0.2) is 5.60 Å². The number of hydrogen-bond acceptors (Lipinski definition) is 3. The van der Waals surface area contributed by atoms with Crippen LogP contribution in [0.2, 0.25) is 0 Å². The average Bonchev–Trinajstić information content (AvgIpc) is 2.96. The maximum Gasteiger partial charge on any atom is 0.339 e. The molecule has 124 valence electrons. The molecule has 25 heavy (non-hydrogen) atoms. The molecule has 2 nitrogen and oxygen atoms in total. The molecule has 0 amide bonds. The maximum atomic E-state index is 12.5. The Hall–Kier alpha value is -2.52. The average molecular weight is 346 g/mol. The predicted molar refractivity (Wildman–Crippen MR) is 101 cm³/mol. The third kappa shape index (κ3) is 2.85. The summed E-state index contributed by atoms with van der Waals surface area (Å²) in [6.07, 6.45) is 0. The molecule has 1 atom stereocenters. The van der Waals surface area contributed by atoms with Crippen molar-refractivity contribution >= 4 is 17.7 Å². The van der Waals surface area contributed by atoms with Crippen LogP contribution in [0.25, 0.3) is 0 Å². The van der Waals surface area contributed by atoms with Crippen LogP contribution < -0.4 is 0 Å². The highest BCUT2D eigenvalue weighted by Crippen LogP contribution is 2.45. The number of hydrogen-bond donors (Lipinski definition) is 0. The first-order valence-corrected chi connectivity index (χ1v) is 9.25. The lowest BCUT2D eigenvalue weighted by atomic mass is 9.87. The summed E-state index contributed by atoms with van der Waals surface area (Å²) >= 11 is 1.71. The molecule has 1 heterocycles. The number of esters is 1. The molecule has 0 radical (unpaired) electrons. The van der Waals surface area contributed by atoms with Gasteiger partial charge in [-0.05, 0) is 25.1 Å². The lowest BCUT2D eigenvalue weighted by molar-refractivity contribution is 0.0197. The Bertz CT molecular complexity index is 903. The lowest BCUT2D eigenvalue weighted by Crippen LogP contribution is -2.30. The van der Waals surface area contributed by atoms with Gasteiger partial charge in [-0.25, -0.2) is 4.79 Å². The van der Waals surface area contributed by atoms with Crippen LogP contribution in [0.4, 0.5) is 0 Å². The van der Waals surface area contributed by atoms with E-state index >= 15 is 0 Å². The van der Waals surface area contributed by atoms with Crippen LogP contribution in [0.15, 0.2) is 83.8 Å². The first kappa shape index (κ1) is 16.0. The maximum absolute atomic E-state index is 12.5. The second-order valence-electron chi connectivity index (χ2n) is 6.23. The van der Waals surface area contributed by atoms with Crippen LogP contribution in [0.5, 0.6) is 0 Å². The van der Waals surface area contributed by atoms with Crippen molar-refractivity contribution in [3.05, 3.63) is 101 Å². The van der Waals surface area contributed by atoms with Crippen molar-refractivity contribution in [3.63, 3.8) is 0 Å². The molecular weight excluding hydrogens is 328 g/mol. The monoisotopic (exact) mass is 346 g/mol. The van der Waals surface area contributed by atoms with Crippen molar-refractivity contribution in [3.8, 4) is 0 Å². The summed E-state index contributed by atoms with van der Waals surface area (Å²) in [5, 5.41) is 0. The minimum Gasteiger partial charge on any atom is -0.445 e. The second kappa shape index (κ2) is 6.41. The Morgan fingerprint density at radius 3 is 2.32 bits per heavy atom. The molecule has 1 unspecified atom stereocenters. The van der Waals surface area contributed by atoms with E-state index in [-0.39, 0.29) is 5.97 Å². The largest absolute Gasteiger partial charge is 0.445 e. The number of aryl methyl sites for hydroxylation is 1. The van der Waals surface area contributed by atoms with Crippen molar-refractivity contribution in [2.24, 2.45) is 0 Å². The summed E-state index contributed by atoms with van der Waals surface area (Å²) in [5.41, 5.74) is 3.11. The predicted octanol–water partition coefficient (Wildman–Crippen LogP) is 5.20. The smallest absolute Gasteiger partial charge is 0.339 e. The highest BCUT2D eigenvalue weighted by Gasteiger charge is 2.46. The standard InChI is InChI=1S/C22H18O2S/c1-16-11-13-18(14-12-16)25-15-22(17-7-3-2-4-8-17)20-10-6-5-9-19(20)21(23)24-22/h2-14H,15H2,1H3. The molecule has 1 aliphatic rings. The van der Waals surface area contributed by atoms with E-state index in [4.69, 9.17) is 4.74 Å².